The van der Waals surface area contributed by atoms with E-state index in [0.717, 1.165) is 0 Å². The van der Waals surface area contributed by atoms with Crippen molar-refractivity contribution in [1.29, 1.82) is 0 Å². The molecule has 6 nitrogen and oxygen atoms in total. The van der Waals surface area contributed by atoms with Crippen molar-refractivity contribution in [2.75, 3.05) is 6.61 Å². The van der Waals surface area contributed by atoms with Crippen molar-refractivity contribution in [3.63, 3.8) is 0 Å². The predicted molar refractivity (Wildman–Crippen MR) is 55.1 cm³/mol. The van der Waals surface area contributed by atoms with Crippen LogP contribution in [0.15, 0.2) is 11.8 Å². The quantitative estimate of drug-likeness (QED) is 0.382. The minimum atomic E-state index is -0.599. The summed E-state index contributed by atoms with van der Waals surface area (Å²) in [5.74, 6) is -1.16. The molecule has 0 spiro atoms. The van der Waals surface area contributed by atoms with Crippen molar-refractivity contribution in [2.24, 2.45) is 0 Å². The van der Waals surface area contributed by atoms with Gasteiger partial charge in [0.25, 0.3) is 0 Å². The highest BCUT2D eigenvalue weighted by molar-refractivity contribution is 6.05. The number of allylic oxidation sites excluding steroid dienone is 1. The van der Waals surface area contributed by atoms with Gasteiger partial charge in [-0.05, 0) is 13.8 Å². The number of hydrogen-bond donors (Lipinski definition) is 2. The molecular weight excluding hydrogens is 212 g/mol. The zero-order valence-corrected chi connectivity index (χ0v) is 9.20. The van der Waals surface area contributed by atoms with Gasteiger partial charge < -0.3 is 10.1 Å². The van der Waals surface area contributed by atoms with E-state index in [-0.39, 0.29) is 18.2 Å². The number of amides is 2. The second-order valence-corrected chi connectivity index (χ2v) is 3.39. The van der Waals surface area contributed by atoms with E-state index in [4.69, 9.17) is 4.74 Å². The first-order valence-electron chi connectivity index (χ1n) is 4.98. The van der Waals surface area contributed by atoms with Crippen LogP contribution in [0.3, 0.4) is 0 Å². The Hall–Kier alpha value is -1.85. The number of ether oxygens (including phenoxy) is 1. The molecule has 0 saturated carbocycles. The molecule has 1 rings (SSSR count). The third kappa shape index (κ3) is 3.38. The Morgan fingerprint density at radius 3 is 2.81 bits per heavy atom. The Labute approximate surface area is 93.0 Å². The molecule has 0 aromatic carbocycles. The van der Waals surface area contributed by atoms with Crippen LogP contribution < -0.4 is 10.6 Å². The number of carbonyl (C=O) groups is 3. The maximum Gasteiger partial charge on any atom is 0.332 e. The fourth-order valence-corrected chi connectivity index (χ4v) is 1.35. The third-order valence-corrected chi connectivity index (χ3v) is 1.99. The summed E-state index contributed by atoms with van der Waals surface area (Å²) in [5.41, 5.74) is 0.494. The van der Waals surface area contributed by atoms with E-state index in [2.05, 4.69) is 10.6 Å². The predicted octanol–water partition coefficient (Wildman–Crippen LogP) is -0.542. The lowest BCUT2D eigenvalue weighted by Gasteiger charge is -2.10. The number of hydrogen-bond acceptors (Lipinski definition) is 5. The molecule has 1 saturated heterocycles. The van der Waals surface area contributed by atoms with Crippen molar-refractivity contribution in [3.8, 4) is 0 Å². The Kier molecular flexibility index (Phi) is 4.04. The summed E-state index contributed by atoms with van der Waals surface area (Å²) in [7, 11) is 0. The smallest absolute Gasteiger partial charge is 0.332 e. The van der Waals surface area contributed by atoms with Crippen LogP contribution in [-0.4, -0.2) is 30.4 Å². The average Bonchev–Trinajstić information content (AvgIpc) is 2.44. The second-order valence-electron chi connectivity index (χ2n) is 3.39. The molecular formula is C10H14N2O4. The van der Waals surface area contributed by atoms with Gasteiger partial charge in [0.2, 0.25) is 11.8 Å². The normalized spacial score (nSPS) is 20.6. The summed E-state index contributed by atoms with van der Waals surface area (Å²) in [4.78, 5) is 33.1. The van der Waals surface area contributed by atoms with Gasteiger partial charge in [0.15, 0.2) is 0 Å². The first kappa shape index (κ1) is 12.2. The van der Waals surface area contributed by atoms with Crippen LogP contribution >= 0.6 is 0 Å². The average molecular weight is 226 g/mol. The van der Waals surface area contributed by atoms with Crippen molar-refractivity contribution in [2.45, 2.75) is 26.3 Å². The van der Waals surface area contributed by atoms with Gasteiger partial charge in [-0.15, -0.1) is 0 Å². The molecule has 0 bridgehead atoms. The lowest BCUT2D eigenvalue weighted by Crippen LogP contribution is -2.35. The first-order chi connectivity index (χ1) is 7.52. The van der Waals surface area contributed by atoms with Crippen LogP contribution in [0.5, 0.6) is 0 Å². The van der Waals surface area contributed by atoms with Crippen molar-refractivity contribution in [1.82, 2.24) is 10.6 Å². The molecule has 1 atom stereocenters. The van der Waals surface area contributed by atoms with E-state index in [1.807, 2.05) is 0 Å². The maximum absolute atomic E-state index is 11.2. The SMILES string of the molecule is CCOC(=O)/C=C(/C)N[C@@H]1CC(=O)NC1=O. The van der Waals surface area contributed by atoms with E-state index >= 15 is 0 Å². The highest BCUT2D eigenvalue weighted by Gasteiger charge is 2.30. The zero-order valence-electron chi connectivity index (χ0n) is 9.20. The number of imide groups is 1. The highest BCUT2D eigenvalue weighted by Crippen LogP contribution is 2.03. The van der Waals surface area contributed by atoms with Gasteiger partial charge in [-0.25, -0.2) is 4.79 Å². The molecule has 0 aliphatic carbocycles. The molecule has 0 aromatic heterocycles. The highest BCUT2D eigenvalue weighted by atomic mass is 16.5. The Morgan fingerprint density at radius 2 is 2.31 bits per heavy atom. The number of esters is 1. The lowest BCUT2D eigenvalue weighted by atomic mass is 10.2. The van der Waals surface area contributed by atoms with E-state index in [9.17, 15) is 14.4 Å². The molecule has 1 heterocycles. The number of rotatable bonds is 4. The molecule has 16 heavy (non-hydrogen) atoms. The van der Waals surface area contributed by atoms with Crippen molar-refractivity contribution in [3.05, 3.63) is 11.8 Å². The molecule has 6 heteroatoms. The summed E-state index contributed by atoms with van der Waals surface area (Å²) in [6, 6.07) is -0.599. The number of nitrogens with one attached hydrogen (secondary N) is 2. The van der Waals surface area contributed by atoms with Crippen molar-refractivity contribution >= 4 is 17.8 Å². The van der Waals surface area contributed by atoms with E-state index in [1.165, 1.54) is 6.08 Å². The monoisotopic (exact) mass is 226 g/mol. The van der Waals surface area contributed by atoms with E-state index in [0.29, 0.717) is 12.3 Å². The zero-order chi connectivity index (χ0) is 12.1. The molecule has 1 fully saturated rings. The fourth-order valence-electron chi connectivity index (χ4n) is 1.35. The molecule has 0 aromatic rings. The fraction of sp³-hybridized carbons (Fsp3) is 0.500. The maximum atomic E-state index is 11.2. The van der Waals surface area contributed by atoms with E-state index < -0.39 is 12.0 Å². The van der Waals surface area contributed by atoms with Gasteiger partial charge in [-0.3, -0.25) is 14.9 Å². The topological polar surface area (TPSA) is 84.5 Å². The minimum Gasteiger partial charge on any atom is -0.463 e. The molecule has 1 aliphatic heterocycles. The van der Waals surface area contributed by atoms with Crippen LogP contribution in [0, 0.1) is 0 Å². The summed E-state index contributed by atoms with van der Waals surface area (Å²) in [6.07, 6.45) is 1.34. The Balaban J connectivity index is 2.51. The molecule has 1 aliphatic rings. The number of carbonyl (C=O) groups excluding carboxylic acids is 3. The van der Waals surface area contributed by atoms with Crippen LogP contribution in [0.25, 0.3) is 0 Å². The molecule has 88 valence electrons. The largest absolute Gasteiger partial charge is 0.463 e. The van der Waals surface area contributed by atoms with Crippen LogP contribution in [0.2, 0.25) is 0 Å². The second kappa shape index (κ2) is 5.29. The standard InChI is InChI=1S/C10H14N2O4/c1-3-16-9(14)4-6(2)11-7-5-8(13)12-10(7)15/h4,7,11H,3,5H2,1-2H3,(H,12,13,15)/b6-4-/t7-/m1/s1. The van der Waals surface area contributed by atoms with Crippen LogP contribution in [0.1, 0.15) is 20.3 Å². The van der Waals surface area contributed by atoms with Crippen LogP contribution in [-0.2, 0) is 19.1 Å². The van der Waals surface area contributed by atoms with Gasteiger partial charge in [0.1, 0.15) is 6.04 Å². The molecule has 2 N–H and O–H groups in total. The third-order valence-electron chi connectivity index (χ3n) is 1.99. The first-order valence-corrected chi connectivity index (χ1v) is 4.98. The molecule has 2 amide bonds. The van der Waals surface area contributed by atoms with Crippen molar-refractivity contribution < 1.29 is 19.1 Å². The summed E-state index contributed by atoms with van der Waals surface area (Å²) in [6.45, 7) is 3.63. The summed E-state index contributed by atoms with van der Waals surface area (Å²) < 4.78 is 4.70. The molecule has 0 radical (unpaired) electrons. The summed E-state index contributed by atoms with van der Waals surface area (Å²) in [5, 5.41) is 4.94. The summed E-state index contributed by atoms with van der Waals surface area (Å²) >= 11 is 0. The Bertz CT molecular complexity index is 349. The minimum absolute atomic E-state index is 0.0901. The van der Waals surface area contributed by atoms with Gasteiger partial charge in [0, 0.05) is 11.8 Å². The van der Waals surface area contributed by atoms with Gasteiger partial charge in [-0.2, -0.15) is 0 Å². The molecule has 0 unspecified atom stereocenters. The van der Waals surface area contributed by atoms with Crippen LogP contribution in [0.4, 0.5) is 0 Å². The Morgan fingerprint density at radius 1 is 1.62 bits per heavy atom. The van der Waals surface area contributed by atoms with Gasteiger partial charge >= 0.3 is 5.97 Å². The lowest BCUT2D eigenvalue weighted by molar-refractivity contribution is -0.137. The van der Waals surface area contributed by atoms with E-state index in [1.54, 1.807) is 13.8 Å². The van der Waals surface area contributed by atoms with Gasteiger partial charge in [0.05, 0.1) is 13.0 Å². The van der Waals surface area contributed by atoms with Gasteiger partial charge in [-0.1, -0.05) is 0 Å².